The maximum Gasteiger partial charge on any atom is 0.253 e. The van der Waals surface area contributed by atoms with Crippen molar-refractivity contribution in [1.82, 2.24) is 4.90 Å². The summed E-state index contributed by atoms with van der Waals surface area (Å²) in [5.74, 6) is 0.0152. The molecule has 104 valence electrons. The summed E-state index contributed by atoms with van der Waals surface area (Å²) >= 11 is 6.97. The fourth-order valence-electron chi connectivity index (χ4n) is 1.90. The average molecular weight is 397 g/mol. The van der Waals surface area contributed by atoms with Gasteiger partial charge in [-0.15, -0.1) is 0 Å². The number of aryl methyl sites for hydroxylation is 1. The van der Waals surface area contributed by atoms with Crippen LogP contribution in [0.5, 0.6) is 0 Å². The first kappa shape index (κ1) is 15.3. The zero-order chi connectivity index (χ0) is 14.7. The molecule has 4 heteroatoms. The lowest BCUT2D eigenvalue weighted by Gasteiger charge is -2.18. The Balaban J connectivity index is 2.16. The van der Waals surface area contributed by atoms with E-state index in [-0.39, 0.29) is 5.91 Å². The summed E-state index contributed by atoms with van der Waals surface area (Å²) in [6.07, 6.45) is 0. The van der Waals surface area contributed by atoms with E-state index < -0.39 is 0 Å². The molecule has 1 amide bonds. The third kappa shape index (κ3) is 3.49. The van der Waals surface area contributed by atoms with Crippen molar-refractivity contribution < 1.29 is 4.79 Å². The van der Waals surface area contributed by atoms with E-state index in [4.69, 9.17) is 0 Å². The van der Waals surface area contributed by atoms with Crippen LogP contribution in [0.3, 0.4) is 0 Å². The van der Waals surface area contributed by atoms with E-state index in [1.54, 1.807) is 4.90 Å². The Morgan fingerprint density at radius 2 is 1.80 bits per heavy atom. The van der Waals surface area contributed by atoms with Gasteiger partial charge < -0.3 is 4.90 Å². The second-order valence-electron chi connectivity index (χ2n) is 4.72. The molecule has 0 saturated carbocycles. The predicted octanol–water partition coefficient (Wildman–Crippen LogP) is 4.79. The van der Waals surface area contributed by atoms with Crippen molar-refractivity contribution in [2.75, 3.05) is 7.05 Å². The van der Waals surface area contributed by atoms with E-state index in [0.717, 1.165) is 20.1 Å². The average Bonchev–Trinajstić information content (AvgIpc) is 2.43. The summed E-state index contributed by atoms with van der Waals surface area (Å²) in [6.45, 7) is 2.58. The van der Waals surface area contributed by atoms with Crippen LogP contribution in [0.15, 0.2) is 51.4 Å². The molecule has 2 aromatic rings. The van der Waals surface area contributed by atoms with Crippen LogP contribution in [-0.2, 0) is 6.54 Å². The second kappa shape index (κ2) is 6.55. The molecule has 0 aliphatic rings. The Kier molecular flexibility index (Phi) is 5.00. The molecule has 0 aliphatic carbocycles. The third-order valence-electron chi connectivity index (χ3n) is 3.13. The predicted molar refractivity (Wildman–Crippen MR) is 88.8 cm³/mol. The molecule has 0 fully saturated rings. The summed E-state index contributed by atoms with van der Waals surface area (Å²) < 4.78 is 1.97. The first-order valence-corrected chi connectivity index (χ1v) is 7.82. The van der Waals surface area contributed by atoms with E-state index >= 15 is 0 Å². The van der Waals surface area contributed by atoms with Crippen molar-refractivity contribution >= 4 is 37.8 Å². The topological polar surface area (TPSA) is 20.3 Å². The van der Waals surface area contributed by atoms with Gasteiger partial charge in [0.05, 0.1) is 0 Å². The molecule has 0 aliphatic heterocycles. The van der Waals surface area contributed by atoms with Crippen LogP contribution in [0.2, 0.25) is 0 Å². The highest BCUT2D eigenvalue weighted by atomic mass is 79.9. The Labute approximate surface area is 136 Å². The van der Waals surface area contributed by atoms with E-state index in [1.807, 2.05) is 56.4 Å². The lowest BCUT2D eigenvalue weighted by Crippen LogP contribution is -2.26. The SMILES string of the molecule is Cc1ccc(C(=O)N(C)Cc2ccccc2Br)cc1Br. The number of halogens is 2. The largest absolute Gasteiger partial charge is 0.337 e. The van der Waals surface area contributed by atoms with E-state index in [2.05, 4.69) is 31.9 Å². The summed E-state index contributed by atoms with van der Waals surface area (Å²) in [7, 11) is 1.82. The van der Waals surface area contributed by atoms with Crippen LogP contribution in [0.25, 0.3) is 0 Å². The Morgan fingerprint density at radius 3 is 2.45 bits per heavy atom. The maximum absolute atomic E-state index is 12.4. The van der Waals surface area contributed by atoms with Gasteiger partial charge in [0, 0.05) is 28.1 Å². The standard InChI is InChI=1S/C16H15Br2NO/c1-11-7-8-12(9-15(11)18)16(20)19(2)10-13-5-3-4-6-14(13)17/h3-9H,10H2,1-2H3. The molecule has 0 radical (unpaired) electrons. The van der Waals surface area contributed by atoms with Gasteiger partial charge in [0.15, 0.2) is 0 Å². The molecular formula is C16H15Br2NO. The van der Waals surface area contributed by atoms with Crippen LogP contribution in [-0.4, -0.2) is 17.9 Å². The summed E-state index contributed by atoms with van der Waals surface area (Å²) in [4.78, 5) is 14.1. The first-order valence-electron chi connectivity index (χ1n) is 6.24. The van der Waals surface area contributed by atoms with Crippen molar-refractivity contribution in [2.45, 2.75) is 13.5 Å². The van der Waals surface area contributed by atoms with Crippen LogP contribution in [0.4, 0.5) is 0 Å². The van der Waals surface area contributed by atoms with E-state index in [9.17, 15) is 4.79 Å². The molecule has 20 heavy (non-hydrogen) atoms. The fourth-order valence-corrected chi connectivity index (χ4v) is 2.69. The lowest BCUT2D eigenvalue weighted by atomic mass is 10.1. The first-order chi connectivity index (χ1) is 9.49. The van der Waals surface area contributed by atoms with Crippen LogP contribution >= 0.6 is 31.9 Å². The molecular weight excluding hydrogens is 382 g/mol. The Hall–Kier alpha value is -1.13. The summed E-state index contributed by atoms with van der Waals surface area (Å²) in [5, 5.41) is 0. The second-order valence-corrected chi connectivity index (χ2v) is 6.43. The molecule has 0 aromatic heterocycles. The van der Waals surface area contributed by atoms with E-state index in [0.29, 0.717) is 12.1 Å². The van der Waals surface area contributed by atoms with Gasteiger partial charge in [-0.05, 0) is 36.2 Å². The van der Waals surface area contributed by atoms with Gasteiger partial charge >= 0.3 is 0 Å². The Bertz CT molecular complexity index is 640. The normalized spacial score (nSPS) is 10.4. The van der Waals surface area contributed by atoms with Gasteiger partial charge in [0.25, 0.3) is 5.91 Å². The molecule has 0 saturated heterocycles. The van der Waals surface area contributed by atoms with Gasteiger partial charge in [-0.2, -0.15) is 0 Å². The highest BCUT2D eigenvalue weighted by molar-refractivity contribution is 9.10. The molecule has 0 heterocycles. The summed E-state index contributed by atoms with van der Waals surface area (Å²) in [6, 6.07) is 13.6. The minimum Gasteiger partial charge on any atom is -0.337 e. The zero-order valence-corrected chi connectivity index (χ0v) is 14.5. The number of rotatable bonds is 3. The van der Waals surface area contributed by atoms with Crippen molar-refractivity contribution in [3.63, 3.8) is 0 Å². The number of carbonyl (C=O) groups excluding carboxylic acids is 1. The molecule has 2 nitrogen and oxygen atoms in total. The highest BCUT2D eigenvalue weighted by Gasteiger charge is 2.13. The maximum atomic E-state index is 12.4. The minimum absolute atomic E-state index is 0.0152. The van der Waals surface area contributed by atoms with Gasteiger partial charge in [0.2, 0.25) is 0 Å². The number of hydrogen-bond donors (Lipinski definition) is 0. The summed E-state index contributed by atoms with van der Waals surface area (Å²) in [5.41, 5.74) is 2.90. The van der Waals surface area contributed by atoms with E-state index in [1.165, 1.54) is 0 Å². The van der Waals surface area contributed by atoms with Crippen molar-refractivity contribution in [3.05, 3.63) is 68.1 Å². The van der Waals surface area contributed by atoms with Crippen molar-refractivity contribution in [1.29, 1.82) is 0 Å². The molecule has 2 rings (SSSR count). The molecule has 0 unspecified atom stereocenters. The smallest absolute Gasteiger partial charge is 0.253 e. The number of carbonyl (C=O) groups is 1. The Morgan fingerprint density at radius 1 is 1.10 bits per heavy atom. The molecule has 0 spiro atoms. The van der Waals surface area contributed by atoms with Crippen molar-refractivity contribution in [3.8, 4) is 0 Å². The monoisotopic (exact) mass is 395 g/mol. The third-order valence-corrected chi connectivity index (χ3v) is 4.76. The number of benzene rings is 2. The quantitative estimate of drug-likeness (QED) is 0.730. The van der Waals surface area contributed by atoms with Crippen LogP contribution < -0.4 is 0 Å². The fraction of sp³-hybridized carbons (Fsp3) is 0.188. The number of nitrogens with zero attached hydrogens (tertiary/aromatic N) is 1. The van der Waals surface area contributed by atoms with Crippen molar-refractivity contribution in [2.24, 2.45) is 0 Å². The van der Waals surface area contributed by atoms with Crippen LogP contribution in [0, 0.1) is 6.92 Å². The number of amides is 1. The van der Waals surface area contributed by atoms with Gasteiger partial charge in [-0.25, -0.2) is 0 Å². The molecule has 2 aromatic carbocycles. The molecule has 0 N–H and O–H groups in total. The molecule has 0 bridgehead atoms. The molecule has 0 atom stereocenters. The highest BCUT2D eigenvalue weighted by Crippen LogP contribution is 2.21. The van der Waals surface area contributed by atoms with Gasteiger partial charge in [-0.1, -0.05) is 56.1 Å². The zero-order valence-electron chi connectivity index (χ0n) is 11.4. The van der Waals surface area contributed by atoms with Gasteiger partial charge in [0.1, 0.15) is 0 Å². The van der Waals surface area contributed by atoms with Gasteiger partial charge in [-0.3, -0.25) is 4.79 Å². The minimum atomic E-state index is 0.0152. The lowest BCUT2D eigenvalue weighted by molar-refractivity contribution is 0.0785. The number of hydrogen-bond acceptors (Lipinski definition) is 1. The van der Waals surface area contributed by atoms with Crippen LogP contribution in [0.1, 0.15) is 21.5 Å².